The lowest BCUT2D eigenvalue weighted by Gasteiger charge is -2.06. The zero-order chi connectivity index (χ0) is 22.2. The quantitative estimate of drug-likeness (QED) is 0.228. The Morgan fingerprint density at radius 3 is 1.07 bits per heavy atom. The number of ether oxygens (including phenoxy) is 2. The molecule has 0 radical (unpaired) electrons. The van der Waals surface area contributed by atoms with Crippen LogP contribution in [0.1, 0.15) is 70.6 Å². The number of sulfone groups is 2. The molecule has 0 fully saturated rings. The highest BCUT2D eigenvalue weighted by Crippen LogP contribution is 2.09. The summed E-state index contributed by atoms with van der Waals surface area (Å²) in [5.41, 5.74) is 0. The summed E-state index contributed by atoms with van der Waals surface area (Å²) in [5, 5.41) is 0. The van der Waals surface area contributed by atoms with E-state index in [9.17, 15) is 26.4 Å². The Balaban J connectivity index is 3.78. The van der Waals surface area contributed by atoms with Crippen molar-refractivity contribution in [2.24, 2.45) is 0 Å². The van der Waals surface area contributed by atoms with E-state index in [0.29, 0.717) is 70.6 Å². The molecule has 29 heavy (non-hydrogen) atoms. The van der Waals surface area contributed by atoms with Crippen molar-refractivity contribution in [2.75, 3.05) is 37.2 Å². The van der Waals surface area contributed by atoms with Gasteiger partial charge in [-0.1, -0.05) is 19.3 Å². The first-order valence-corrected chi connectivity index (χ1v) is 13.8. The third-order valence-electron chi connectivity index (χ3n) is 4.54. The third kappa shape index (κ3) is 17.4. The van der Waals surface area contributed by atoms with E-state index in [1.807, 2.05) is 0 Å². The van der Waals surface area contributed by atoms with Crippen LogP contribution in [0.4, 0.5) is 0 Å². The van der Waals surface area contributed by atoms with Crippen LogP contribution in [0, 0.1) is 0 Å². The minimum atomic E-state index is -3.14. The van der Waals surface area contributed by atoms with Gasteiger partial charge in [0, 0.05) is 12.8 Å². The molecule has 0 bridgehead atoms. The van der Waals surface area contributed by atoms with Crippen molar-refractivity contribution in [3.05, 3.63) is 0 Å². The van der Waals surface area contributed by atoms with Gasteiger partial charge in [-0.15, -0.1) is 0 Å². The van der Waals surface area contributed by atoms with Gasteiger partial charge < -0.3 is 9.47 Å². The zero-order valence-electron chi connectivity index (χ0n) is 17.7. The van der Waals surface area contributed by atoms with Crippen LogP contribution < -0.4 is 0 Å². The summed E-state index contributed by atoms with van der Waals surface area (Å²) in [7, 11) is -3.62. The lowest BCUT2D eigenvalue weighted by molar-refractivity contribution is -0.141. The smallest absolute Gasteiger partial charge is 0.305 e. The summed E-state index contributed by atoms with van der Waals surface area (Å²) in [6.07, 6.45) is 5.66. The summed E-state index contributed by atoms with van der Waals surface area (Å²) in [4.78, 5) is 21.9. The van der Waals surface area contributed by atoms with Crippen LogP contribution in [0.15, 0.2) is 0 Å². The molecule has 0 atom stereocenters. The van der Waals surface area contributed by atoms with E-state index in [-0.39, 0.29) is 35.0 Å². The van der Waals surface area contributed by atoms with Crippen molar-refractivity contribution in [3.63, 3.8) is 0 Å². The fourth-order valence-corrected chi connectivity index (χ4v) is 5.75. The molecular formula is C19H36O8S2. The van der Waals surface area contributed by atoms with Gasteiger partial charge in [0.1, 0.15) is 19.7 Å². The molecule has 0 rings (SSSR count). The highest BCUT2D eigenvalue weighted by atomic mass is 32.2. The molecule has 8 nitrogen and oxygen atoms in total. The molecule has 0 unspecified atom stereocenters. The fraction of sp³-hybridized carbons (Fsp3) is 0.895. The van der Waals surface area contributed by atoms with Gasteiger partial charge in [0.05, 0.1) is 37.2 Å². The first-order chi connectivity index (χ1) is 13.6. The monoisotopic (exact) mass is 456 g/mol. The lowest BCUT2D eigenvalue weighted by atomic mass is 10.2. The number of methoxy groups -OCH3 is 2. The van der Waals surface area contributed by atoms with Gasteiger partial charge in [0.25, 0.3) is 0 Å². The van der Waals surface area contributed by atoms with Crippen molar-refractivity contribution < 1.29 is 35.9 Å². The summed E-state index contributed by atoms with van der Waals surface area (Å²) in [5.74, 6) is -0.251. The number of unbranched alkanes of at least 4 members (excludes halogenated alkanes) is 6. The predicted molar refractivity (Wildman–Crippen MR) is 112 cm³/mol. The van der Waals surface area contributed by atoms with Crippen molar-refractivity contribution in [2.45, 2.75) is 70.6 Å². The van der Waals surface area contributed by atoms with Crippen LogP contribution >= 0.6 is 0 Å². The predicted octanol–water partition coefficient (Wildman–Crippen LogP) is 2.45. The molecule has 0 N–H and O–H groups in total. The lowest BCUT2D eigenvalue weighted by Crippen LogP contribution is -2.13. The Bertz CT molecular complexity index is 610. The second-order valence-corrected chi connectivity index (χ2v) is 11.7. The van der Waals surface area contributed by atoms with Crippen molar-refractivity contribution in [1.29, 1.82) is 0 Å². The van der Waals surface area contributed by atoms with Crippen LogP contribution in [-0.2, 0) is 38.7 Å². The summed E-state index contributed by atoms with van der Waals surface area (Å²) in [6.45, 7) is 0. The van der Waals surface area contributed by atoms with Gasteiger partial charge in [0.2, 0.25) is 0 Å². The normalized spacial score (nSPS) is 11.9. The molecule has 0 aliphatic heterocycles. The van der Waals surface area contributed by atoms with Crippen LogP contribution in [0.2, 0.25) is 0 Å². The molecule has 10 heteroatoms. The Kier molecular flexibility index (Phi) is 15.0. The molecular weight excluding hydrogens is 420 g/mol. The number of esters is 2. The van der Waals surface area contributed by atoms with Crippen LogP contribution in [0.25, 0.3) is 0 Å². The Hall–Kier alpha value is -1.16. The number of hydrogen-bond donors (Lipinski definition) is 0. The topological polar surface area (TPSA) is 121 Å². The Morgan fingerprint density at radius 2 is 0.793 bits per heavy atom. The summed E-state index contributed by atoms with van der Waals surface area (Å²) in [6, 6.07) is 0. The SMILES string of the molecule is COC(=O)CCCCCS(=O)(=O)CCCCCS(=O)(=O)CCCCCC(=O)OC. The molecule has 0 saturated heterocycles. The number of carbonyl (C=O) groups excluding carboxylic acids is 2. The van der Waals surface area contributed by atoms with Gasteiger partial charge in [-0.2, -0.15) is 0 Å². The second-order valence-electron chi connectivity index (χ2n) is 7.14. The van der Waals surface area contributed by atoms with Crippen molar-refractivity contribution in [3.8, 4) is 0 Å². The molecule has 0 aliphatic rings. The molecule has 172 valence electrons. The molecule has 0 heterocycles. The molecule has 0 aromatic rings. The van der Waals surface area contributed by atoms with E-state index in [1.165, 1.54) is 14.2 Å². The van der Waals surface area contributed by atoms with Crippen LogP contribution in [-0.4, -0.2) is 66.0 Å². The first kappa shape index (κ1) is 27.8. The maximum Gasteiger partial charge on any atom is 0.305 e. The maximum atomic E-state index is 12.0. The van der Waals surface area contributed by atoms with E-state index in [4.69, 9.17) is 0 Å². The molecule has 0 aromatic heterocycles. The van der Waals surface area contributed by atoms with Gasteiger partial charge in [-0.25, -0.2) is 16.8 Å². The average molecular weight is 457 g/mol. The van der Waals surface area contributed by atoms with E-state index < -0.39 is 19.7 Å². The minimum absolute atomic E-state index is 0.0670. The standard InChI is InChI=1S/C19H36O8S2/c1-26-18(20)12-6-3-8-14-28(22,23)16-10-5-11-17-29(24,25)15-9-4-7-13-19(21)27-2/h3-17H2,1-2H3. The summed E-state index contributed by atoms with van der Waals surface area (Å²) >= 11 is 0. The maximum absolute atomic E-state index is 12.0. The van der Waals surface area contributed by atoms with Crippen LogP contribution in [0.3, 0.4) is 0 Å². The van der Waals surface area contributed by atoms with E-state index in [0.717, 1.165) is 0 Å². The second kappa shape index (κ2) is 15.6. The molecule has 0 amide bonds. The van der Waals surface area contributed by atoms with Crippen molar-refractivity contribution >= 4 is 31.6 Å². The molecule has 0 spiro atoms. The Morgan fingerprint density at radius 1 is 0.517 bits per heavy atom. The third-order valence-corrected chi connectivity index (χ3v) is 8.18. The number of hydrogen-bond acceptors (Lipinski definition) is 8. The van der Waals surface area contributed by atoms with E-state index in [1.54, 1.807) is 0 Å². The highest BCUT2D eigenvalue weighted by Gasteiger charge is 2.13. The van der Waals surface area contributed by atoms with Crippen molar-refractivity contribution in [1.82, 2.24) is 0 Å². The number of rotatable bonds is 18. The molecule has 0 saturated carbocycles. The fourth-order valence-electron chi connectivity index (χ4n) is 2.77. The number of carbonyl (C=O) groups is 2. The summed E-state index contributed by atoms with van der Waals surface area (Å²) < 4.78 is 56.9. The Labute approximate surface area is 175 Å². The highest BCUT2D eigenvalue weighted by molar-refractivity contribution is 7.91. The van der Waals surface area contributed by atoms with Crippen LogP contribution in [0.5, 0.6) is 0 Å². The van der Waals surface area contributed by atoms with E-state index >= 15 is 0 Å². The van der Waals surface area contributed by atoms with Gasteiger partial charge in [-0.3, -0.25) is 9.59 Å². The van der Waals surface area contributed by atoms with E-state index in [2.05, 4.69) is 9.47 Å². The average Bonchev–Trinajstić information content (AvgIpc) is 2.66. The van der Waals surface area contributed by atoms with Gasteiger partial charge in [0.15, 0.2) is 0 Å². The minimum Gasteiger partial charge on any atom is -0.469 e. The molecule has 0 aliphatic carbocycles. The zero-order valence-corrected chi connectivity index (χ0v) is 19.3. The van der Waals surface area contributed by atoms with Gasteiger partial charge >= 0.3 is 11.9 Å². The molecule has 0 aromatic carbocycles. The first-order valence-electron chi connectivity index (χ1n) is 10.2. The van der Waals surface area contributed by atoms with Gasteiger partial charge in [-0.05, 0) is 38.5 Å². The largest absolute Gasteiger partial charge is 0.469 e.